The zero-order valence-corrected chi connectivity index (χ0v) is 19.8. The number of benzene rings is 3. The van der Waals surface area contributed by atoms with Gasteiger partial charge >= 0.3 is 6.03 Å². The molecule has 0 fully saturated rings. The smallest absolute Gasteiger partial charge is 0.328 e. The van der Waals surface area contributed by atoms with Crippen LogP contribution in [0.15, 0.2) is 89.8 Å². The van der Waals surface area contributed by atoms with Crippen molar-refractivity contribution in [2.45, 2.75) is 25.2 Å². The average Bonchev–Trinajstić information content (AvgIpc) is 3.14. The summed E-state index contributed by atoms with van der Waals surface area (Å²) in [5.74, 6) is 0. The van der Waals surface area contributed by atoms with E-state index >= 15 is 0 Å². The van der Waals surface area contributed by atoms with Crippen molar-refractivity contribution in [3.05, 3.63) is 102 Å². The molecule has 2 N–H and O–H groups in total. The lowest BCUT2D eigenvalue weighted by Crippen LogP contribution is -2.40. The van der Waals surface area contributed by atoms with Gasteiger partial charge in [-0.25, -0.2) is 22.6 Å². The Kier molecular flexibility index (Phi) is 6.79. The number of carbonyl (C=O) groups is 1. The quantitative estimate of drug-likeness (QED) is 0.416. The topological polar surface area (TPSA) is 93.1 Å². The van der Waals surface area contributed by atoms with Gasteiger partial charge in [-0.1, -0.05) is 60.7 Å². The summed E-state index contributed by atoms with van der Waals surface area (Å²) in [7, 11) is -3.89. The summed E-state index contributed by atoms with van der Waals surface area (Å²) >= 11 is 0. The van der Waals surface area contributed by atoms with Crippen LogP contribution in [0.5, 0.6) is 0 Å². The van der Waals surface area contributed by atoms with E-state index in [9.17, 15) is 13.2 Å². The van der Waals surface area contributed by atoms with E-state index in [0.717, 1.165) is 33.8 Å². The second kappa shape index (κ2) is 9.93. The highest BCUT2D eigenvalue weighted by Gasteiger charge is 2.17. The first-order valence-corrected chi connectivity index (χ1v) is 12.4. The van der Waals surface area contributed by atoms with E-state index in [4.69, 9.17) is 5.10 Å². The van der Waals surface area contributed by atoms with E-state index in [2.05, 4.69) is 24.4 Å². The van der Waals surface area contributed by atoms with E-state index in [-0.39, 0.29) is 4.90 Å². The van der Waals surface area contributed by atoms with Crippen molar-refractivity contribution in [1.29, 1.82) is 0 Å². The first-order valence-electron chi connectivity index (χ1n) is 10.9. The molecule has 1 aromatic heterocycles. The fourth-order valence-corrected chi connectivity index (χ4v) is 4.81. The first-order chi connectivity index (χ1) is 16.3. The van der Waals surface area contributed by atoms with Crippen molar-refractivity contribution in [3.8, 4) is 16.8 Å². The summed E-state index contributed by atoms with van der Waals surface area (Å²) in [6.45, 7) is 4.37. The van der Waals surface area contributed by atoms with E-state index in [1.165, 1.54) is 12.1 Å². The summed E-state index contributed by atoms with van der Waals surface area (Å²) in [4.78, 5) is 12.1. The van der Waals surface area contributed by atoms with E-state index in [1.54, 1.807) is 18.2 Å². The fourth-order valence-electron chi connectivity index (χ4n) is 3.86. The molecular formula is C26H26N4O3S. The molecule has 0 saturated carbocycles. The number of carbonyl (C=O) groups excluding carboxylic acids is 1. The average molecular weight is 475 g/mol. The van der Waals surface area contributed by atoms with Gasteiger partial charge in [0.25, 0.3) is 10.0 Å². The lowest BCUT2D eigenvalue weighted by atomic mass is 10.0. The van der Waals surface area contributed by atoms with Gasteiger partial charge in [0.15, 0.2) is 0 Å². The van der Waals surface area contributed by atoms with Crippen molar-refractivity contribution < 1.29 is 13.2 Å². The Hall–Kier alpha value is -3.91. The zero-order valence-electron chi connectivity index (χ0n) is 19.0. The minimum Gasteiger partial charge on any atom is -0.337 e. The van der Waals surface area contributed by atoms with Crippen molar-refractivity contribution >= 4 is 16.1 Å². The molecule has 3 aromatic carbocycles. The number of rotatable bonds is 7. The van der Waals surface area contributed by atoms with Crippen LogP contribution in [0, 0.1) is 13.8 Å². The molecule has 0 radical (unpaired) electrons. The second-order valence-electron chi connectivity index (χ2n) is 7.91. The van der Waals surface area contributed by atoms with Crippen LogP contribution >= 0.6 is 0 Å². The van der Waals surface area contributed by atoms with Gasteiger partial charge in [-0.05, 0) is 55.7 Å². The van der Waals surface area contributed by atoms with Gasteiger partial charge in [-0.3, -0.25) is 0 Å². The van der Waals surface area contributed by atoms with Gasteiger partial charge in [-0.15, -0.1) is 0 Å². The van der Waals surface area contributed by atoms with Crippen LogP contribution in [-0.4, -0.2) is 30.8 Å². The number of hydrogen-bond donors (Lipinski definition) is 2. The van der Waals surface area contributed by atoms with Crippen LogP contribution in [0.2, 0.25) is 0 Å². The van der Waals surface area contributed by atoms with Crippen LogP contribution < -0.4 is 10.0 Å². The van der Waals surface area contributed by atoms with Crippen LogP contribution in [0.4, 0.5) is 4.79 Å². The Labute approximate surface area is 199 Å². The highest BCUT2D eigenvalue weighted by Crippen LogP contribution is 2.28. The Morgan fingerprint density at radius 3 is 2.15 bits per heavy atom. The van der Waals surface area contributed by atoms with Gasteiger partial charge in [0.05, 0.1) is 16.3 Å². The summed E-state index contributed by atoms with van der Waals surface area (Å²) in [5.41, 5.74) is 6.26. The number of amides is 2. The molecule has 0 aliphatic rings. The number of nitrogens with one attached hydrogen (secondary N) is 2. The molecule has 7 nitrogen and oxygen atoms in total. The van der Waals surface area contributed by atoms with Gasteiger partial charge in [0, 0.05) is 17.8 Å². The van der Waals surface area contributed by atoms with Gasteiger partial charge < -0.3 is 5.32 Å². The summed E-state index contributed by atoms with van der Waals surface area (Å²) in [5, 5.41) is 7.32. The Morgan fingerprint density at radius 1 is 0.882 bits per heavy atom. The van der Waals surface area contributed by atoms with Crippen molar-refractivity contribution in [3.63, 3.8) is 0 Å². The summed E-state index contributed by atoms with van der Waals surface area (Å²) in [6.07, 6.45) is 0.561. The van der Waals surface area contributed by atoms with Crippen LogP contribution in [0.3, 0.4) is 0 Å². The maximum atomic E-state index is 12.2. The molecular weight excluding hydrogens is 448 g/mol. The predicted octanol–water partition coefficient (Wildman–Crippen LogP) is 4.39. The van der Waals surface area contributed by atoms with E-state index in [0.29, 0.717) is 13.0 Å². The molecule has 34 heavy (non-hydrogen) atoms. The maximum Gasteiger partial charge on any atom is 0.328 e. The molecule has 4 aromatic rings. The van der Waals surface area contributed by atoms with Crippen LogP contribution in [0.25, 0.3) is 16.8 Å². The van der Waals surface area contributed by atoms with Crippen LogP contribution in [0.1, 0.15) is 17.0 Å². The van der Waals surface area contributed by atoms with Gasteiger partial charge in [0.2, 0.25) is 0 Å². The number of urea groups is 1. The molecule has 0 saturated heterocycles. The summed E-state index contributed by atoms with van der Waals surface area (Å²) < 4.78 is 28.4. The third-order valence-corrected chi connectivity index (χ3v) is 6.86. The third kappa shape index (κ3) is 5.18. The van der Waals surface area contributed by atoms with E-state index in [1.807, 2.05) is 58.8 Å². The number of hydrogen-bond acceptors (Lipinski definition) is 4. The summed E-state index contributed by atoms with van der Waals surface area (Å²) in [6, 6.07) is 25.2. The van der Waals surface area contributed by atoms with Crippen molar-refractivity contribution in [1.82, 2.24) is 19.8 Å². The monoisotopic (exact) mass is 474 g/mol. The maximum absolute atomic E-state index is 12.2. The second-order valence-corrected chi connectivity index (χ2v) is 9.60. The minimum absolute atomic E-state index is 0.0420. The number of aryl methyl sites for hydroxylation is 1. The number of aromatic nitrogens is 2. The van der Waals surface area contributed by atoms with Crippen molar-refractivity contribution in [2.75, 3.05) is 6.54 Å². The fraction of sp³-hybridized carbons (Fsp3) is 0.154. The molecule has 4 rings (SSSR count). The normalized spacial score (nSPS) is 11.2. The van der Waals surface area contributed by atoms with Crippen LogP contribution in [-0.2, 0) is 16.4 Å². The van der Waals surface area contributed by atoms with Crippen molar-refractivity contribution in [2.24, 2.45) is 0 Å². The van der Waals surface area contributed by atoms with Gasteiger partial charge in [0.1, 0.15) is 0 Å². The highest BCUT2D eigenvalue weighted by molar-refractivity contribution is 7.90. The molecule has 2 amide bonds. The molecule has 1 heterocycles. The standard InChI is InChI=1S/C26H26N4O3S/c1-19-25(22-9-5-3-6-10-22)20(2)30(28-19)23-15-13-21(14-16-23)17-18-27-26(31)29-34(32,33)24-11-7-4-8-12-24/h3-16H,17-18H2,1-2H3,(H2,27,29,31). The molecule has 0 unspecified atom stereocenters. The first kappa shape index (κ1) is 23.3. The number of nitrogens with zero attached hydrogens (tertiary/aromatic N) is 2. The third-order valence-electron chi connectivity index (χ3n) is 5.51. The van der Waals surface area contributed by atoms with E-state index < -0.39 is 16.1 Å². The predicted molar refractivity (Wildman–Crippen MR) is 132 cm³/mol. The molecule has 0 aliphatic carbocycles. The lowest BCUT2D eigenvalue weighted by Gasteiger charge is -2.10. The Bertz CT molecular complexity index is 1380. The molecule has 8 heteroatoms. The molecule has 174 valence electrons. The molecule has 0 atom stereocenters. The molecule has 0 bridgehead atoms. The lowest BCUT2D eigenvalue weighted by molar-refractivity contribution is 0.246. The highest BCUT2D eigenvalue weighted by atomic mass is 32.2. The zero-order chi connectivity index (χ0) is 24.1. The SMILES string of the molecule is Cc1nn(-c2ccc(CCNC(=O)NS(=O)(=O)c3ccccc3)cc2)c(C)c1-c1ccccc1. The largest absolute Gasteiger partial charge is 0.337 e. The molecule has 0 aliphatic heterocycles. The molecule has 0 spiro atoms. The minimum atomic E-state index is -3.89. The van der Waals surface area contributed by atoms with Gasteiger partial charge in [-0.2, -0.15) is 5.10 Å². The Morgan fingerprint density at radius 2 is 1.50 bits per heavy atom. The Balaban J connectivity index is 1.36. The number of sulfonamides is 1.